The van der Waals surface area contributed by atoms with E-state index in [-0.39, 0.29) is 5.91 Å². The molecular weight excluding hydrogens is 364 g/mol. The van der Waals surface area contributed by atoms with Crippen molar-refractivity contribution in [3.8, 4) is 0 Å². The lowest BCUT2D eigenvalue weighted by molar-refractivity contribution is -0.110. The maximum absolute atomic E-state index is 12.3. The van der Waals surface area contributed by atoms with Crippen LogP contribution in [0.15, 0.2) is 48.7 Å². The van der Waals surface area contributed by atoms with E-state index in [9.17, 15) is 4.79 Å². The van der Waals surface area contributed by atoms with Crippen LogP contribution in [0.5, 0.6) is 0 Å². The summed E-state index contributed by atoms with van der Waals surface area (Å²) in [5.74, 6) is -0.0691. The molecule has 0 bridgehead atoms. The Bertz CT molecular complexity index is 886. The third-order valence-corrected chi connectivity index (χ3v) is 5.39. The monoisotopic (exact) mass is 392 g/mol. The molecule has 0 aromatic heterocycles. The van der Waals surface area contributed by atoms with Crippen molar-refractivity contribution in [2.24, 2.45) is 0 Å². The van der Waals surface area contributed by atoms with Crippen molar-refractivity contribution >= 4 is 28.5 Å². The summed E-state index contributed by atoms with van der Waals surface area (Å²) in [6.07, 6.45) is 2.90. The van der Waals surface area contributed by atoms with E-state index in [1.165, 1.54) is 0 Å². The molecule has 1 amide bonds. The highest BCUT2D eigenvalue weighted by atomic mass is 16.5. The molecule has 0 atom stereocenters. The van der Waals surface area contributed by atoms with Crippen molar-refractivity contribution in [1.82, 2.24) is 4.90 Å². The van der Waals surface area contributed by atoms with E-state index >= 15 is 0 Å². The number of rotatable bonds is 7. The standard InChI is InChI=1S/C23H28N4O2/c1-17-4-2-5-21-22(17)20(23(28)26-21)16-25-19-8-6-18(7-9-19)24-10-3-11-27-12-14-29-15-13-27/h2,4-9,16,24-25H,3,10-15H2,1H3,(H,26,28)/b20-16-. The van der Waals surface area contributed by atoms with Crippen LogP contribution < -0.4 is 16.0 Å². The zero-order chi connectivity index (χ0) is 20.1. The average molecular weight is 393 g/mol. The summed E-state index contributed by atoms with van der Waals surface area (Å²) in [5.41, 5.74) is 5.66. The number of aryl methyl sites for hydroxylation is 1. The number of hydrogen-bond donors (Lipinski definition) is 3. The number of amides is 1. The minimum Gasteiger partial charge on any atom is -0.385 e. The number of benzene rings is 2. The molecule has 6 nitrogen and oxygen atoms in total. The summed E-state index contributed by atoms with van der Waals surface area (Å²) in [7, 11) is 0. The molecule has 2 heterocycles. The van der Waals surface area contributed by atoms with E-state index in [1.807, 2.05) is 37.3 Å². The second-order valence-electron chi connectivity index (χ2n) is 7.47. The van der Waals surface area contributed by atoms with Gasteiger partial charge in [-0.15, -0.1) is 0 Å². The molecule has 3 N–H and O–H groups in total. The van der Waals surface area contributed by atoms with Crippen LogP contribution in [0.3, 0.4) is 0 Å². The van der Waals surface area contributed by atoms with Crippen LogP contribution in [0.1, 0.15) is 17.5 Å². The van der Waals surface area contributed by atoms with Gasteiger partial charge in [-0.25, -0.2) is 0 Å². The van der Waals surface area contributed by atoms with Crippen LogP contribution in [0.2, 0.25) is 0 Å². The zero-order valence-electron chi connectivity index (χ0n) is 16.8. The van der Waals surface area contributed by atoms with Crippen molar-refractivity contribution in [2.45, 2.75) is 13.3 Å². The average Bonchev–Trinajstić information content (AvgIpc) is 3.07. The van der Waals surface area contributed by atoms with E-state index in [1.54, 1.807) is 6.20 Å². The van der Waals surface area contributed by atoms with Crippen LogP contribution in [0, 0.1) is 6.92 Å². The first kappa shape index (κ1) is 19.5. The number of carbonyl (C=O) groups excluding carboxylic acids is 1. The number of carbonyl (C=O) groups is 1. The maximum Gasteiger partial charge on any atom is 0.257 e. The largest absolute Gasteiger partial charge is 0.385 e. The second kappa shape index (κ2) is 9.11. The molecule has 0 spiro atoms. The molecule has 0 saturated carbocycles. The van der Waals surface area contributed by atoms with E-state index in [0.29, 0.717) is 5.57 Å². The summed E-state index contributed by atoms with van der Waals surface area (Å²) in [6, 6.07) is 14.1. The van der Waals surface area contributed by atoms with Gasteiger partial charge in [-0.2, -0.15) is 0 Å². The second-order valence-corrected chi connectivity index (χ2v) is 7.47. The van der Waals surface area contributed by atoms with E-state index in [2.05, 4.69) is 33.0 Å². The fourth-order valence-corrected chi connectivity index (χ4v) is 3.77. The summed E-state index contributed by atoms with van der Waals surface area (Å²) >= 11 is 0. The number of fused-ring (bicyclic) bond motifs is 1. The van der Waals surface area contributed by atoms with Crippen LogP contribution in [-0.4, -0.2) is 50.2 Å². The highest BCUT2D eigenvalue weighted by molar-refractivity contribution is 6.32. The molecule has 0 radical (unpaired) electrons. The lowest BCUT2D eigenvalue weighted by Gasteiger charge is -2.26. The van der Waals surface area contributed by atoms with Gasteiger partial charge in [-0.05, 0) is 55.8 Å². The van der Waals surface area contributed by atoms with Crippen LogP contribution in [-0.2, 0) is 9.53 Å². The van der Waals surface area contributed by atoms with Gasteiger partial charge in [0.1, 0.15) is 0 Å². The van der Waals surface area contributed by atoms with Gasteiger partial charge < -0.3 is 20.7 Å². The molecule has 6 heteroatoms. The lowest BCUT2D eigenvalue weighted by atomic mass is 10.0. The third-order valence-electron chi connectivity index (χ3n) is 5.39. The molecule has 4 rings (SSSR count). The highest BCUT2D eigenvalue weighted by Gasteiger charge is 2.25. The Morgan fingerprint density at radius 1 is 1.10 bits per heavy atom. The van der Waals surface area contributed by atoms with Gasteiger partial charge in [0.2, 0.25) is 0 Å². The Morgan fingerprint density at radius 2 is 1.86 bits per heavy atom. The summed E-state index contributed by atoms with van der Waals surface area (Å²) in [6.45, 7) is 7.86. The minimum atomic E-state index is -0.0691. The van der Waals surface area contributed by atoms with Crippen molar-refractivity contribution in [1.29, 1.82) is 0 Å². The van der Waals surface area contributed by atoms with Gasteiger partial charge in [-0.1, -0.05) is 12.1 Å². The fourth-order valence-electron chi connectivity index (χ4n) is 3.77. The van der Waals surface area contributed by atoms with Gasteiger partial charge in [0.05, 0.1) is 18.8 Å². The van der Waals surface area contributed by atoms with Gasteiger partial charge in [0.15, 0.2) is 0 Å². The van der Waals surface area contributed by atoms with Gasteiger partial charge >= 0.3 is 0 Å². The molecule has 1 fully saturated rings. The van der Waals surface area contributed by atoms with E-state index in [4.69, 9.17) is 4.74 Å². The Morgan fingerprint density at radius 3 is 2.66 bits per heavy atom. The number of ether oxygens (including phenoxy) is 1. The summed E-state index contributed by atoms with van der Waals surface area (Å²) < 4.78 is 5.38. The molecule has 2 aromatic carbocycles. The number of morpholine rings is 1. The molecule has 29 heavy (non-hydrogen) atoms. The highest BCUT2D eigenvalue weighted by Crippen LogP contribution is 2.34. The van der Waals surface area contributed by atoms with Crippen molar-refractivity contribution in [3.63, 3.8) is 0 Å². The maximum atomic E-state index is 12.3. The minimum absolute atomic E-state index is 0.0691. The first-order valence-electron chi connectivity index (χ1n) is 10.2. The SMILES string of the molecule is Cc1cccc2c1/C(=C/Nc1ccc(NCCCN3CCOCC3)cc1)C(=O)N2. The van der Waals surface area contributed by atoms with E-state index in [0.717, 1.165) is 74.0 Å². The van der Waals surface area contributed by atoms with Crippen LogP contribution in [0.25, 0.3) is 5.57 Å². The number of anilines is 3. The Labute approximate surface area is 171 Å². The summed E-state index contributed by atoms with van der Waals surface area (Å²) in [5, 5.41) is 9.64. The zero-order valence-corrected chi connectivity index (χ0v) is 16.8. The third kappa shape index (κ3) is 4.78. The molecule has 2 aliphatic rings. The molecule has 0 aliphatic carbocycles. The Kier molecular flexibility index (Phi) is 6.12. The topological polar surface area (TPSA) is 65.6 Å². The molecule has 0 unspecified atom stereocenters. The Hall–Kier alpha value is -2.83. The molecule has 1 saturated heterocycles. The predicted octanol–water partition coefficient (Wildman–Crippen LogP) is 3.53. The summed E-state index contributed by atoms with van der Waals surface area (Å²) in [4.78, 5) is 14.7. The molecular formula is C23H28N4O2. The predicted molar refractivity (Wildman–Crippen MR) is 118 cm³/mol. The number of nitrogens with one attached hydrogen (secondary N) is 3. The van der Waals surface area contributed by atoms with E-state index < -0.39 is 0 Å². The fraction of sp³-hybridized carbons (Fsp3) is 0.348. The van der Waals surface area contributed by atoms with Gasteiger partial charge in [-0.3, -0.25) is 9.69 Å². The van der Waals surface area contributed by atoms with Gasteiger partial charge in [0, 0.05) is 48.5 Å². The first-order valence-corrected chi connectivity index (χ1v) is 10.2. The van der Waals surface area contributed by atoms with Crippen LogP contribution in [0.4, 0.5) is 17.1 Å². The van der Waals surface area contributed by atoms with Crippen molar-refractivity contribution in [2.75, 3.05) is 55.3 Å². The van der Waals surface area contributed by atoms with Gasteiger partial charge in [0.25, 0.3) is 5.91 Å². The smallest absolute Gasteiger partial charge is 0.257 e. The normalized spacial score (nSPS) is 17.8. The molecule has 2 aliphatic heterocycles. The number of nitrogens with zero attached hydrogens (tertiary/aromatic N) is 1. The first-order chi connectivity index (χ1) is 14.2. The van der Waals surface area contributed by atoms with Crippen LogP contribution >= 0.6 is 0 Å². The quantitative estimate of drug-likeness (QED) is 0.497. The van der Waals surface area contributed by atoms with Crippen molar-refractivity contribution < 1.29 is 9.53 Å². The number of hydrogen-bond acceptors (Lipinski definition) is 5. The Balaban J connectivity index is 1.29. The molecule has 152 valence electrons. The lowest BCUT2D eigenvalue weighted by Crippen LogP contribution is -2.37. The molecule has 2 aromatic rings. The van der Waals surface area contributed by atoms with Crippen molar-refractivity contribution in [3.05, 3.63) is 59.8 Å².